The number of ether oxygens (including phenoxy) is 2. The summed E-state index contributed by atoms with van der Waals surface area (Å²) in [5.41, 5.74) is 2.65. The number of methoxy groups -OCH3 is 1. The van der Waals surface area contributed by atoms with Gasteiger partial charge in [-0.25, -0.2) is 0 Å². The minimum Gasteiger partial charge on any atom is -0.497 e. The Morgan fingerprint density at radius 2 is 2.08 bits per heavy atom. The highest BCUT2D eigenvalue weighted by atomic mass is 16.5. The summed E-state index contributed by atoms with van der Waals surface area (Å²) in [7, 11) is 1.58. The van der Waals surface area contributed by atoms with E-state index in [4.69, 9.17) is 13.9 Å². The Morgan fingerprint density at radius 3 is 2.80 bits per heavy atom. The van der Waals surface area contributed by atoms with Crippen molar-refractivity contribution in [2.24, 2.45) is 0 Å². The Kier molecular flexibility index (Phi) is 5.31. The number of nitrogens with zero attached hydrogens (tertiary/aromatic N) is 1. The Hall–Kier alpha value is -3.28. The molecular formula is C19H18N2O4. The lowest BCUT2D eigenvalue weighted by atomic mass is 10.2. The van der Waals surface area contributed by atoms with Gasteiger partial charge in [-0.2, -0.15) is 0 Å². The van der Waals surface area contributed by atoms with E-state index < -0.39 is 0 Å². The first-order valence-electron chi connectivity index (χ1n) is 7.75. The molecule has 0 saturated carbocycles. The summed E-state index contributed by atoms with van der Waals surface area (Å²) in [6, 6.07) is 12.8. The smallest absolute Gasteiger partial charge is 0.258 e. The molecule has 6 heteroatoms. The van der Waals surface area contributed by atoms with Crippen molar-refractivity contribution < 1.29 is 18.7 Å². The van der Waals surface area contributed by atoms with Crippen LogP contribution < -0.4 is 14.8 Å². The number of benzene rings is 1. The van der Waals surface area contributed by atoms with E-state index >= 15 is 0 Å². The number of carbonyl (C=O) groups is 1. The predicted octanol–water partition coefficient (Wildman–Crippen LogP) is 3.05. The molecule has 25 heavy (non-hydrogen) atoms. The number of pyridine rings is 1. The van der Waals surface area contributed by atoms with E-state index in [0.717, 1.165) is 16.8 Å². The van der Waals surface area contributed by atoms with Crippen molar-refractivity contribution in [3.05, 3.63) is 66.8 Å². The van der Waals surface area contributed by atoms with Gasteiger partial charge in [-0.15, -0.1) is 0 Å². The van der Waals surface area contributed by atoms with Gasteiger partial charge in [-0.1, -0.05) is 12.1 Å². The van der Waals surface area contributed by atoms with E-state index in [1.54, 1.807) is 44.0 Å². The fourth-order valence-corrected chi connectivity index (χ4v) is 2.20. The molecule has 0 bridgehead atoms. The molecule has 0 radical (unpaired) electrons. The van der Waals surface area contributed by atoms with Crippen LogP contribution in [-0.4, -0.2) is 24.6 Å². The van der Waals surface area contributed by atoms with E-state index in [1.807, 2.05) is 24.3 Å². The molecule has 0 saturated heterocycles. The largest absolute Gasteiger partial charge is 0.497 e. The second-order valence-corrected chi connectivity index (χ2v) is 5.31. The van der Waals surface area contributed by atoms with Crippen LogP contribution in [0.2, 0.25) is 0 Å². The van der Waals surface area contributed by atoms with Gasteiger partial charge in [0.15, 0.2) is 6.61 Å². The van der Waals surface area contributed by atoms with Crippen LogP contribution in [0, 0.1) is 0 Å². The molecule has 0 aliphatic heterocycles. The maximum Gasteiger partial charge on any atom is 0.258 e. The Morgan fingerprint density at radius 1 is 1.20 bits per heavy atom. The fraction of sp³-hybridized carbons (Fsp3) is 0.158. The van der Waals surface area contributed by atoms with Crippen LogP contribution in [0.5, 0.6) is 11.5 Å². The van der Waals surface area contributed by atoms with Crippen LogP contribution in [0.25, 0.3) is 11.3 Å². The maximum absolute atomic E-state index is 11.9. The summed E-state index contributed by atoms with van der Waals surface area (Å²) in [4.78, 5) is 16.3. The van der Waals surface area contributed by atoms with Gasteiger partial charge in [-0.05, 0) is 29.8 Å². The highest BCUT2D eigenvalue weighted by molar-refractivity contribution is 5.77. The second kappa shape index (κ2) is 8.01. The summed E-state index contributed by atoms with van der Waals surface area (Å²) in [5.74, 6) is 1.06. The van der Waals surface area contributed by atoms with Crippen LogP contribution in [-0.2, 0) is 11.3 Å². The summed E-state index contributed by atoms with van der Waals surface area (Å²) in [5, 5.41) is 2.80. The second-order valence-electron chi connectivity index (χ2n) is 5.31. The molecule has 2 aromatic heterocycles. The summed E-state index contributed by atoms with van der Waals surface area (Å²) >= 11 is 0. The van der Waals surface area contributed by atoms with E-state index in [9.17, 15) is 4.79 Å². The van der Waals surface area contributed by atoms with Gasteiger partial charge in [0.25, 0.3) is 5.91 Å². The van der Waals surface area contributed by atoms with Crippen molar-refractivity contribution in [2.45, 2.75) is 6.54 Å². The van der Waals surface area contributed by atoms with Gasteiger partial charge >= 0.3 is 0 Å². The minimum atomic E-state index is -0.207. The third-order valence-corrected chi connectivity index (χ3v) is 3.54. The lowest BCUT2D eigenvalue weighted by Gasteiger charge is -2.08. The van der Waals surface area contributed by atoms with Crippen LogP contribution in [0.1, 0.15) is 5.56 Å². The van der Waals surface area contributed by atoms with E-state index in [0.29, 0.717) is 18.0 Å². The highest BCUT2D eigenvalue weighted by Gasteiger charge is 2.05. The van der Waals surface area contributed by atoms with Crippen molar-refractivity contribution in [2.75, 3.05) is 13.7 Å². The van der Waals surface area contributed by atoms with Gasteiger partial charge < -0.3 is 19.2 Å². The average Bonchev–Trinajstić information content (AvgIpc) is 3.20. The summed E-state index contributed by atoms with van der Waals surface area (Å²) < 4.78 is 15.6. The molecule has 0 unspecified atom stereocenters. The van der Waals surface area contributed by atoms with Gasteiger partial charge in [-0.3, -0.25) is 9.78 Å². The monoisotopic (exact) mass is 338 g/mol. The molecule has 3 rings (SSSR count). The minimum absolute atomic E-state index is 0.0618. The Bertz CT molecular complexity index is 814. The lowest BCUT2D eigenvalue weighted by molar-refractivity contribution is -0.123. The number of aromatic nitrogens is 1. The first-order chi connectivity index (χ1) is 12.2. The zero-order valence-corrected chi connectivity index (χ0v) is 13.8. The number of rotatable bonds is 7. The molecule has 1 N–H and O–H groups in total. The molecule has 1 aromatic carbocycles. The maximum atomic E-state index is 11.9. The molecule has 0 aliphatic rings. The summed E-state index contributed by atoms with van der Waals surface area (Å²) in [6.45, 7) is 0.326. The average molecular weight is 338 g/mol. The van der Waals surface area contributed by atoms with Gasteiger partial charge in [0.05, 0.1) is 25.3 Å². The van der Waals surface area contributed by atoms with Crippen molar-refractivity contribution in [3.63, 3.8) is 0 Å². The molecule has 6 nitrogen and oxygen atoms in total. The topological polar surface area (TPSA) is 73.6 Å². The van der Waals surface area contributed by atoms with Crippen molar-refractivity contribution in [1.82, 2.24) is 10.3 Å². The van der Waals surface area contributed by atoms with Crippen molar-refractivity contribution in [3.8, 4) is 22.8 Å². The van der Waals surface area contributed by atoms with Crippen molar-refractivity contribution >= 4 is 5.91 Å². The number of nitrogens with one attached hydrogen (secondary N) is 1. The third-order valence-electron chi connectivity index (χ3n) is 3.54. The quantitative estimate of drug-likeness (QED) is 0.717. The molecule has 2 heterocycles. The van der Waals surface area contributed by atoms with Gasteiger partial charge in [0.1, 0.15) is 11.5 Å². The molecule has 0 spiro atoms. The van der Waals surface area contributed by atoms with E-state index in [1.165, 1.54) is 0 Å². The number of carbonyl (C=O) groups excluding carboxylic acids is 1. The van der Waals surface area contributed by atoms with Crippen LogP contribution >= 0.6 is 0 Å². The van der Waals surface area contributed by atoms with Crippen LogP contribution in [0.4, 0.5) is 0 Å². The first-order valence-corrected chi connectivity index (χ1v) is 7.75. The molecular weight excluding hydrogens is 320 g/mol. The predicted molar refractivity (Wildman–Crippen MR) is 92.3 cm³/mol. The standard InChI is InChI=1S/C19H18N2O4/c1-23-16-3-2-4-17(9-16)25-13-19(22)21-11-14-5-6-18(20-10-14)15-7-8-24-12-15/h2-10,12H,11,13H2,1H3,(H,21,22). The van der Waals surface area contributed by atoms with Gasteiger partial charge in [0.2, 0.25) is 0 Å². The normalized spacial score (nSPS) is 10.3. The van der Waals surface area contributed by atoms with Crippen LogP contribution in [0.3, 0.4) is 0 Å². The van der Waals surface area contributed by atoms with Crippen LogP contribution in [0.15, 0.2) is 65.6 Å². The highest BCUT2D eigenvalue weighted by Crippen LogP contribution is 2.19. The lowest BCUT2D eigenvalue weighted by Crippen LogP contribution is -2.28. The van der Waals surface area contributed by atoms with E-state index in [-0.39, 0.29) is 12.5 Å². The number of amides is 1. The van der Waals surface area contributed by atoms with E-state index in [2.05, 4.69) is 10.3 Å². The number of hydrogen-bond acceptors (Lipinski definition) is 5. The van der Waals surface area contributed by atoms with Gasteiger partial charge in [0, 0.05) is 24.4 Å². The molecule has 128 valence electrons. The zero-order chi connectivity index (χ0) is 17.5. The first kappa shape index (κ1) is 16.6. The number of furan rings is 1. The molecule has 0 fully saturated rings. The number of hydrogen-bond donors (Lipinski definition) is 1. The van der Waals surface area contributed by atoms with Crippen molar-refractivity contribution in [1.29, 1.82) is 0 Å². The summed E-state index contributed by atoms with van der Waals surface area (Å²) in [6.07, 6.45) is 4.97. The SMILES string of the molecule is COc1cccc(OCC(=O)NCc2ccc(-c3ccoc3)nc2)c1. The molecule has 0 aliphatic carbocycles. The third kappa shape index (κ3) is 4.60. The Labute approximate surface area is 145 Å². The molecule has 0 atom stereocenters. The zero-order valence-electron chi connectivity index (χ0n) is 13.8. The fourth-order valence-electron chi connectivity index (χ4n) is 2.20. The Balaban J connectivity index is 1.47. The molecule has 1 amide bonds. The molecule has 3 aromatic rings.